The number of hydrogen-bond acceptors (Lipinski definition) is 4. The van der Waals surface area contributed by atoms with Crippen molar-refractivity contribution in [3.8, 4) is 11.3 Å². The van der Waals surface area contributed by atoms with Gasteiger partial charge in [-0.3, -0.25) is 10.0 Å². The Balaban J connectivity index is 2.27. The summed E-state index contributed by atoms with van der Waals surface area (Å²) in [7, 11) is 0. The highest BCUT2D eigenvalue weighted by Gasteiger charge is 2.10. The summed E-state index contributed by atoms with van der Waals surface area (Å²) in [5, 5.41) is 8.46. The lowest BCUT2D eigenvalue weighted by Crippen LogP contribution is -2.17. The summed E-state index contributed by atoms with van der Waals surface area (Å²) >= 11 is 0. The van der Waals surface area contributed by atoms with Crippen LogP contribution in [0.2, 0.25) is 0 Å². The Hall–Kier alpha value is -2.11. The summed E-state index contributed by atoms with van der Waals surface area (Å²) in [6.07, 6.45) is 0. The van der Waals surface area contributed by atoms with Gasteiger partial charge in [0.05, 0.1) is 0 Å². The fourth-order valence-electron chi connectivity index (χ4n) is 1.48. The molecule has 0 fully saturated rings. The molecule has 0 saturated heterocycles. The molecule has 0 aliphatic rings. The number of rotatable bonds is 3. The number of carbonyl (C=O) groups excluding carboxylic acids is 1. The zero-order valence-electron chi connectivity index (χ0n) is 9.01. The van der Waals surface area contributed by atoms with E-state index in [0.717, 1.165) is 11.1 Å². The van der Waals surface area contributed by atoms with Crippen LogP contribution in [-0.2, 0) is 6.54 Å². The number of nitrogens with two attached hydrogens (primary N) is 1. The van der Waals surface area contributed by atoms with E-state index in [2.05, 4.69) is 0 Å². The van der Waals surface area contributed by atoms with Crippen LogP contribution in [0.25, 0.3) is 11.3 Å². The molecule has 5 heteroatoms. The molecule has 0 radical (unpaired) electrons. The molecule has 0 atom stereocenters. The minimum absolute atomic E-state index is 0.0606. The van der Waals surface area contributed by atoms with Gasteiger partial charge in [-0.25, -0.2) is 5.48 Å². The van der Waals surface area contributed by atoms with E-state index in [1.165, 1.54) is 11.5 Å². The Morgan fingerprint density at radius 1 is 1.24 bits per heavy atom. The van der Waals surface area contributed by atoms with E-state index in [-0.39, 0.29) is 5.76 Å². The van der Waals surface area contributed by atoms with E-state index >= 15 is 0 Å². The smallest absolute Gasteiger partial charge is 0.310 e. The van der Waals surface area contributed by atoms with Gasteiger partial charge in [0.2, 0.25) is 0 Å². The molecular formula is C12H12N2O3. The maximum Gasteiger partial charge on any atom is 0.310 e. The fraction of sp³-hybridized carbons (Fsp3) is 0.0833. The minimum atomic E-state index is -0.671. The molecule has 2 rings (SSSR count). The van der Waals surface area contributed by atoms with E-state index in [0.29, 0.717) is 12.3 Å². The van der Waals surface area contributed by atoms with Gasteiger partial charge in [0.1, 0.15) is 5.76 Å². The molecule has 5 nitrogen and oxygen atoms in total. The molecule has 1 aromatic carbocycles. The fourth-order valence-corrected chi connectivity index (χ4v) is 1.48. The van der Waals surface area contributed by atoms with Crippen molar-refractivity contribution in [2.24, 2.45) is 5.73 Å². The van der Waals surface area contributed by atoms with E-state index in [9.17, 15) is 4.79 Å². The zero-order chi connectivity index (χ0) is 12.3. The monoisotopic (exact) mass is 232 g/mol. The number of amides is 1. The van der Waals surface area contributed by atoms with Crippen LogP contribution in [0.5, 0.6) is 0 Å². The lowest BCUT2D eigenvalue weighted by atomic mass is 10.1. The Morgan fingerprint density at radius 2 is 1.94 bits per heavy atom. The lowest BCUT2D eigenvalue weighted by Gasteiger charge is -1.99. The van der Waals surface area contributed by atoms with Crippen LogP contribution < -0.4 is 11.2 Å². The van der Waals surface area contributed by atoms with Crippen molar-refractivity contribution in [2.45, 2.75) is 6.54 Å². The van der Waals surface area contributed by atoms with Gasteiger partial charge < -0.3 is 10.2 Å². The van der Waals surface area contributed by atoms with Crippen molar-refractivity contribution < 1.29 is 14.4 Å². The Bertz CT molecular complexity index is 517. The number of benzene rings is 1. The number of furan rings is 1. The van der Waals surface area contributed by atoms with E-state index in [1.807, 2.05) is 24.3 Å². The van der Waals surface area contributed by atoms with Crippen LogP contribution in [0.1, 0.15) is 16.1 Å². The van der Waals surface area contributed by atoms with Crippen molar-refractivity contribution in [2.75, 3.05) is 0 Å². The molecule has 1 amide bonds. The van der Waals surface area contributed by atoms with Crippen LogP contribution in [-0.4, -0.2) is 11.1 Å². The second-order valence-corrected chi connectivity index (χ2v) is 3.51. The Labute approximate surface area is 97.8 Å². The highest BCUT2D eigenvalue weighted by molar-refractivity contribution is 5.91. The van der Waals surface area contributed by atoms with Gasteiger partial charge in [0.25, 0.3) is 0 Å². The zero-order valence-corrected chi connectivity index (χ0v) is 9.01. The quantitative estimate of drug-likeness (QED) is 0.553. The molecule has 88 valence electrons. The second-order valence-electron chi connectivity index (χ2n) is 3.51. The van der Waals surface area contributed by atoms with Gasteiger partial charge >= 0.3 is 5.91 Å². The standard InChI is InChI=1S/C12H12N2O3/c13-7-8-1-3-9(4-2-8)10-5-6-11(17-10)12(15)14-16/h1-6,16H,7,13H2,(H,14,15). The van der Waals surface area contributed by atoms with Gasteiger partial charge in [-0.1, -0.05) is 24.3 Å². The van der Waals surface area contributed by atoms with E-state index in [4.69, 9.17) is 15.4 Å². The molecule has 0 spiro atoms. The topological polar surface area (TPSA) is 88.5 Å². The van der Waals surface area contributed by atoms with Gasteiger partial charge in [0, 0.05) is 12.1 Å². The molecule has 0 aliphatic carbocycles. The number of hydroxylamine groups is 1. The van der Waals surface area contributed by atoms with E-state index < -0.39 is 5.91 Å². The molecule has 0 bridgehead atoms. The third kappa shape index (κ3) is 2.35. The number of nitrogens with one attached hydrogen (secondary N) is 1. The van der Waals surface area contributed by atoms with Gasteiger partial charge in [0.15, 0.2) is 5.76 Å². The predicted molar refractivity (Wildman–Crippen MR) is 61.3 cm³/mol. The first-order valence-electron chi connectivity index (χ1n) is 5.08. The Kier molecular flexibility index (Phi) is 3.22. The van der Waals surface area contributed by atoms with Gasteiger partial charge in [-0.2, -0.15) is 0 Å². The van der Waals surface area contributed by atoms with Crippen LogP contribution in [0.15, 0.2) is 40.8 Å². The van der Waals surface area contributed by atoms with Crippen molar-refractivity contribution in [1.82, 2.24) is 5.48 Å². The average molecular weight is 232 g/mol. The highest BCUT2D eigenvalue weighted by atomic mass is 16.5. The predicted octanol–water partition coefficient (Wildman–Crippen LogP) is 1.52. The van der Waals surface area contributed by atoms with E-state index in [1.54, 1.807) is 6.07 Å². The number of carbonyl (C=O) groups is 1. The van der Waals surface area contributed by atoms with Crippen molar-refractivity contribution in [1.29, 1.82) is 0 Å². The van der Waals surface area contributed by atoms with Crippen LogP contribution >= 0.6 is 0 Å². The van der Waals surface area contributed by atoms with Crippen LogP contribution in [0.3, 0.4) is 0 Å². The van der Waals surface area contributed by atoms with Crippen molar-refractivity contribution in [3.63, 3.8) is 0 Å². The molecule has 4 N–H and O–H groups in total. The first-order valence-corrected chi connectivity index (χ1v) is 5.08. The maximum absolute atomic E-state index is 11.1. The average Bonchev–Trinajstić information content (AvgIpc) is 2.87. The molecule has 0 unspecified atom stereocenters. The molecule has 2 aromatic rings. The molecule has 1 heterocycles. The summed E-state index contributed by atoms with van der Waals surface area (Å²) in [6, 6.07) is 10.7. The largest absolute Gasteiger partial charge is 0.451 e. The third-order valence-corrected chi connectivity index (χ3v) is 2.41. The summed E-state index contributed by atoms with van der Waals surface area (Å²) < 4.78 is 5.29. The Morgan fingerprint density at radius 3 is 2.53 bits per heavy atom. The summed E-state index contributed by atoms with van der Waals surface area (Å²) in [4.78, 5) is 11.1. The first-order chi connectivity index (χ1) is 8.24. The SMILES string of the molecule is NCc1ccc(-c2ccc(C(=O)NO)o2)cc1. The minimum Gasteiger partial charge on any atom is -0.451 e. The first kappa shape index (κ1) is 11.4. The molecule has 0 saturated carbocycles. The van der Waals surface area contributed by atoms with Crippen LogP contribution in [0, 0.1) is 0 Å². The summed E-state index contributed by atoms with van der Waals surface area (Å²) in [5.74, 6) is -0.0487. The summed E-state index contributed by atoms with van der Waals surface area (Å²) in [6.45, 7) is 0.483. The lowest BCUT2D eigenvalue weighted by molar-refractivity contribution is 0.0677. The van der Waals surface area contributed by atoms with Gasteiger partial charge in [-0.15, -0.1) is 0 Å². The normalized spacial score (nSPS) is 10.2. The van der Waals surface area contributed by atoms with Crippen molar-refractivity contribution in [3.05, 3.63) is 47.7 Å². The highest BCUT2D eigenvalue weighted by Crippen LogP contribution is 2.22. The molecule has 17 heavy (non-hydrogen) atoms. The molecular weight excluding hydrogens is 220 g/mol. The maximum atomic E-state index is 11.1. The third-order valence-electron chi connectivity index (χ3n) is 2.41. The molecule has 1 aromatic heterocycles. The summed E-state index contributed by atoms with van der Waals surface area (Å²) in [5.41, 5.74) is 8.88. The van der Waals surface area contributed by atoms with Gasteiger partial charge in [-0.05, 0) is 17.7 Å². The van der Waals surface area contributed by atoms with Crippen molar-refractivity contribution >= 4 is 5.91 Å². The van der Waals surface area contributed by atoms with Crippen LogP contribution in [0.4, 0.5) is 0 Å². The molecule has 0 aliphatic heterocycles. The second kappa shape index (κ2) is 4.82. The number of hydrogen-bond donors (Lipinski definition) is 3.